The minimum absolute atomic E-state index is 0.278. The maximum absolute atomic E-state index is 6.13. The van der Waals surface area contributed by atoms with Crippen molar-refractivity contribution in [1.29, 1.82) is 0 Å². The Morgan fingerprint density at radius 3 is 2.43 bits per heavy atom. The number of aromatic nitrogens is 2. The van der Waals surface area contributed by atoms with E-state index < -0.39 is 0 Å². The highest BCUT2D eigenvalue weighted by Crippen LogP contribution is 2.37. The summed E-state index contributed by atoms with van der Waals surface area (Å²) in [4.78, 5) is 2.52. The van der Waals surface area contributed by atoms with Crippen molar-refractivity contribution in [3.63, 3.8) is 0 Å². The Balaban J connectivity index is 1.44. The van der Waals surface area contributed by atoms with Gasteiger partial charge >= 0.3 is 0 Å². The van der Waals surface area contributed by atoms with Crippen LogP contribution in [0.1, 0.15) is 25.7 Å². The lowest BCUT2D eigenvalue weighted by atomic mass is 10.0. The van der Waals surface area contributed by atoms with Crippen molar-refractivity contribution in [2.24, 2.45) is 0 Å². The van der Waals surface area contributed by atoms with Crippen molar-refractivity contribution < 1.29 is 9.47 Å². The monoisotopic (exact) mass is 331 g/mol. The molecule has 0 N–H and O–H groups in total. The summed E-state index contributed by atoms with van der Waals surface area (Å²) in [6, 6.07) is 9.22. The van der Waals surface area contributed by atoms with E-state index in [0.717, 1.165) is 29.2 Å². The van der Waals surface area contributed by atoms with Crippen LogP contribution in [-0.2, 0) is 0 Å². The molecule has 0 radical (unpaired) electrons. The molecule has 6 heteroatoms. The fourth-order valence-electron chi connectivity index (χ4n) is 3.71. The Hall–Kier alpha value is -1.66. The van der Waals surface area contributed by atoms with Gasteiger partial charge in [-0.2, -0.15) is 0 Å². The first-order valence-corrected chi connectivity index (χ1v) is 8.91. The second kappa shape index (κ2) is 6.09. The molecule has 3 heterocycles. The van der Waals surface area contributed by atoms with Gasteiger partial charge in [0.25, 0.3) is 5.19 Å². The number of fused-ring (bicyclic) bond motifs is 2. The Morgan fingerprint density at radius 1 is 1.09 bits per heavy atom. The van der Waals surface area contributed by atoms with Crippen LogP contribution in [0.2, 0.25) is 0 Å². The fourth-order valence-corrected chi connectivity index (χ4v) is 4.47. The standard InChI is InChI=1S/C17H21N3O2S/c1-20-12-5-6-13(20)10-15(9-12)22-17-19-18-16(23-17)11-3-7-14(21-2)8-4-11/h3-4,7-8,12-13,15H,5-6,9-10H2,1-2H3/t12-,13?,15?/m0/s1. The van der Waals surface area contributed by atoms with Crippen molar-refractivity contribution in [3.05, 3.63) is 24.3 Å². The average Bonchev–Trinajstić information content (AvgIpc) is 3.09. The molecule has 0 saturated carbocycles. The number of ether oxygens (including phenoxy) is 2. The molecular formula is C17H21N3O2S. The molecule has 1 aromatic carbocycles. The Kier molecular flexibility index (Phi) is 3.95. The number of methoxy groups -OCH3 is 1. The van der Waals surface area contributed by atoms with Crippen LogP contribution in [0.4, 0.5) is 0 Å². The molecule has 0 aliphatic carbocycles. The van der Waals surface area contributed by atoms with Gasteiger partial charge in [-0.3, -0.25) is 0 Å². The molecule has 2 unspecified atom stereocenters. The maximum atomic E-state index is 6.13. The first-order valence-electron chi connectivity index (χ1n) is 8.09. The highest BCUT2D eigenvalue weighted by Gasteiger charge is 2.39. The third-order valence-corrected chi connectivity index (χ3v) is 5.93. The molecule has 0 amide bonds. The lowest BCUT2D eigenvalue weighted by Gasteiger charge is -2.35. The van der Waals surface area contributed by atoms with E-state index in [9.17, 15) is 0 Å². The van der Waals surface area contributed by atoms with Crippen molar-refractivity contribution >= 4 is 11.3 Å². The maximum Gasteiger partial charge on any atom is 0.294 e. The summed E-state index contributed by atoms with van der Waals surface area (Å²) < 4.78 is 11.3. The molecular weight excluding hydrogens is 310 g/mol. The van der Waals surface area contributed by atoms with E-state index in [4.69, 9.17) is 9.47 Å². The second-order valence-electron chi connectivity index (χ2n) is 6.36. The summed E-state index contributed by atoms with van der Waals surface area (Å²) >= 11 is 1.52. The molecule has 2 aromatic rings. The minimum atomic E-state index is 0.278. The van der Waals surface area contributed by atoms with E-state index in [1.54, 1.807) is 7.11 Å². The molecule has 2 bridgehead atoms. The van der Waals surface area contributed by atoms with Crippen LogP contribution in [0, 0.1) is 0 Å². The van der Waals surface area contributed by atoms with Gasteiger partial charge in [0.1, 0.15) is 11.9 Å². The molecule has 23 heavy (non-hydrogen) atoms. The number of hydrogen-bond donors (Lipinski definition) is 0. The molecule has 0 spiro atoms. The zero-order valence-corrected chi connectivity index (χ0v) is 14.3. The molecule has 2 aliphatic heterocycles. The predicted molar refractivity (Wildman–Crippen MR) is 90.1 cm³/mol. The summed E-state index contributed by atoms with van der Waals surface area (Å²) in [5, 5.41) is 10.1. The van der Waals surface area contributed by atoms with Crippen molar-refractivity contribution in [3.8, 4) is 21.5 Å². The SMILES string of the molecule is COc1ccc(-c2nnc(OC3CC4CC[C@@H](C3)N4C)s2)cc1. The molecule has 1 aromatic heterocycles. The van der Waals surface area contributed by atoms with E-state index in [2.05, 4.69) is 22.1 Å². The summed E-state index contributed by atoms with van der Waals surface area (Å²) in [6.45, 7) is 0. The van der Waals surface area contributed by atoms with Crippen molar-refractivity contribution in [2.45, 2.75) is 43.9 Å². The molecule has 5 nitrogen and oxygen atoms in total. The minimum Gasteiger partial charge on any atom is -0.497 e. The van der Waals surface area contributed by atoms with E-state index in [1.807, 2.05) is 24.3 Å². The summed E-state index contributed by atoms with van der Waals surface area (Å²) in [7, 11) is 3.91. The van der Waals surface area contributed by atoms with Gasteiger partial charge in [-0.1, -0.05) is 16.4 Å². The predicted octanol–water partition coefficient (Wildman–Crippen LogP) is 3.22. The van der Waals surface area contributed by atoms with Crippen LogP contribution in [-0.4, -0.2) is 47.4 Å². The second-order valence-corrected chi connectivity index (χ2v) is 7.30. The first-order chi connectivity index (χ1) is 11.2. The molecule has 2 aliphatic rings. The number of benzene rings is 1. The highest BCUT2D eigenvalue weighted by molar-refractivity contribution is 7.16. The largest absolute Gasteiger partial charge is 0.497 e. The van der Waals surface area contributed by atoms with Crippen LogP contribution in [0.25, 0.3) is 10.6 Å². The van der Waals surface area contributed by atoms with Crippen LogP contribution in [0.15, 0.2) is 24.3 Å². The van der Waals surface area contributed by atoms with Crippen molar-refractivity contribution in [2.75, 3.05) is 14.2 Å². The van der Waals surface area contributed by atoms with Crippen LogP contribution in [0.3, 0.4) is 0 Å². The van der Waals surface area contributed by atoms with Gasteiger partial charge in [0, 0.05) is 17.6 Å². The normalized spacial score (nSPS) is 27.1. The molecule has 2 fully saturated rings. The number of rotatable bonds is 4. The van der Waals surface area contributed by atoms with Gasteiger partial charge in [-0.05, 0) is 57.0 Å². The van der Waals surface area contributed by atoms with Gasteiger partial charge < -0.3 is 14.4 Å². The van der Waals surface area contributed by atoms with Gasteiger partial charge in [0.15, 0.2) is 5.01 Å². The fraction of sp³-hybridized carbons (Fsp3) is 0.529. The number of hydrogen-bond acceptors (Lipinski definition) is 6. The third-order valence-electron chi connectivity index (χ3n) is 5.07. The van der Waals surface area contributed by atoms with E-state index in [-0.39, 0.29) is 6.10 Å². The summed E-state index contributed by atoms with van der Waals surface area (Å²) in [6.07, 6.45) is 5.08. The van der Waals surface area contributed by atoms with Crippen LogP contribution >= 0.6 is 11.3 Å². The zero-order chi connectivity index (χ0) is 15.8. The van der Waals surface area contributed by atoms with Crippen LogP contribution < -0.4 is 9.47 Å². The smallest absolute Gasteiger partial charge is 0.294 e. The van der Waals surface area contributed by atoms with E-state index in [0.29, 0.717) is 17.3 Å². The third kappa shape index (κ3) is 2.93. The summed E-state index contributed by atoms with van der Waals surface area (Å²) in [5.41, 5.74) is 1.04. The first kappa shape index (κ1) is 14.9. The lowest BCUT2D eigenvalue weighted by Crippen LogP contribution is -2.43. The van der Waals surface area contributed by atoms with Crippen molar-refractivity contribution in [1.82, 2.24) is 15.1 Å². The topological polar surface area (TPSA) is 47.5 Å². The molecule has 4 rings (SSSR count). The Labute approximate surface area is 140 Å². The molecule has 2 saturated heterocycles. The van der Waals surface area contributed by atoms with Gasteiger partial charge in [-0.25, -0.2) is 0 Å². The number of piperidine rings is 1. The van der Waals surface area contributed by atoms with E-state index in [1.165, 1.54) is 24.2 Å². The molecule has 122 valence electrons. The summed E-state index contributed by atoms with van der Waals surface area (Å²) in [5.74, 6) is 0.844. The van der Waals surface area contributed by atoms with Gasteiger partial charge in [0.2, 0.25) is 0 Å². The zero-order valence-electron chi connectivity index (χ0n) is 13.4. The average molecular weight is 331 g/mol. The van der Waals surface area contributed by atoms with Crippen LogP contribution in [0.5, 0.6) is 10.9 Å². The quantitative estimate of drug-likeness (QED) is 0.861. The molecule has 3 atom stereocenters. The highest BCUT2D eigenvalue weighted by atomic mass is 32.1. The van der Waals surface area contributed by atoms with Gasteiger partial charge in [-0.15, -0.1) is 5.10 Å². The van der Waals surface area contributed by atoms with E-state index >= 15 is 0 Å². The Morgan fingerprint density at radius 2 is 1.78 bits per heavy atom. The lowest BCUT2D eigenvalue weighted by molar-refractivity contribution is 0.0655. The number of nitrogens with zero attached hydrogens (tertiary/aromatic N) is 3. The Bertz CT molecular complexity index is 659. The van der Waals surface area contributed by atoms with Gasteiger partial charge in [0.05, 0.1) is 7.11 Å².